The Hall–Kier alpha value is -2.67. The van der Waals surface area contributed by atoms with Crippen LogP contribution in [0.1, 0.15) is 27.6 Å². The fourth-order valence-electron chi connectivity index (χ4n) is 2.27. The van der Waals surface area contributed by atoms with Crippen LogP contribution in [0.4, 0.5) is 9.52 Å². The number of carbonyl (C=O) groups excluding carboxylic acids is 1. The van der Waals surface area contributed by atoms with E-state index in [1.807, 2.05) is 32.0 Å². The largest absolute Gasteiger partial charge is 0.296 e. The molecule has 1 N–H and O–H groups in total. The molecule has 0 fully saturated rings. The first-order valence-corrected chi connectivity index (χ1v) is 8.10. The summed E-state index contributed by atoms with van der Waals surface area (Å²) in [6, 6.07) is 7.42. The van der Waals surface area contributed by atoms with Gasteiger partial charge in [-0.05, 0) is 56.2 Å². The molecule has 0 radical (unpaired) electrons. The molecule has 0 aliphatic heterocycles. The molecule has 0 saturated carbocycles. The minimum atomic E-state index is -0.417. The summed E-state index contributed by atoms with van der Waals surface area (Å²) >= 11 is 0.798. The molecule has 0 unspecified atom stereocenters. The molecular formula is C17H15FN4OS. The minimum Gasteiger partial charge on any atom is -0.296 e. The van der Waals surface area contributed by atoms with E-state index in [0.717, 1.165) is 28.2 Å². The number of pyridine rings is 2. The van der Waals surface area contributed by atoms with Crippen LogP contribution >= 0.6 is 11.3 Å². The van der Waals surface area contributed by atoms with Crippen molar-refractivity contribution in [2.45, 2.75) is 20.8 Å². The lowest BCUT2D eigenvalue weighted by Crippen LogP contribution is -2.14. The topological polar surface area (TPSA) is 67.8 Å². The van der Waals surface area contributed by atoms with Gasteiger partial charge < -0.3 is 0 Å². The molecule has 0 saturated heterocycles. The number of thiazole rings is 1. The first kappa shape index (κ1) is 16.2. The Bertz CT molecular complexity index is 903. The second-order valence-corrected chi connectivity index (χ2v) is 6.35. The second-order valence-electron chi connectivity index (χ2n) is 5.40. The van der Waals surface area contributed by atoms with Crippen molar-refractivity contribution in [3.63, 3.8) is 0 Å². The summed E-state index contributed by atoms with van der Waals surface area (Å²) in [7, 11) is 0. The first-order chi connectivity index (χ1) is 11.4. The van der Waals surface area contributed by atoms with Gasteiger partial charge in [0.25, 0.3) is 5.91 Å². The van der Waals surface area contributed by atoms with E-state index in [1.165, 1.54) is 0 Å². The zero-order chi connectivity index (χ0) is 17.3. The number of nitrogens with zero attached hydrogens (tertiary/aromatic N) is 3. The lowest BCUT2D eigenvalue weighted by Gasteiger charge is -2.07. The van der Waals surface area contributed by atoms with Gasteiger partial charge in [-0.2, -0.15) is 4.39 Å². The Labute approximate surface area is 142 Å². The first-order valence-electron chi connectivity index (χ1n) is 7.28. The molecule has 122 valence electrons. The molecule has 0 aliphatic carbocycles. The zero-order valence-electron chi connectivity index (χ0n) is 13.4. The molecule has 0 aliphatic rings. The molecule has 0 spiro atoms. The van der Waals surface area contributed by atoms with Gasteiger partial charge in [-0.3, -0.25) is 15.1 Å². The normalized spacial score (nSPS) is 10.7. The van der Waals surface area contributed by atoms with Crippen molar-refractivity contribution in [3.8, 4) is 11.1 Å². The van der Waals surface area contributed by atoms with E-state index in [2.05, 4.69) is 20.3 Å². The Morgan fingerprint density at radius 1 is 1.08 bits per heavy atom. The smallest absolute Gasteiger partial charge is 0.276 e. The molecule has 24 heavy (non-hydrogen) atoms. The molecule has 5 nitrogen and oxygen atoms in total. The average Bonchev–Trinajstić information content (AvgIpc) is 2.84. The summed E-state index contributed by atoms with van der Waals surface area (Å²) in [6.45, 7) is 5.28. The number of hydrogen-bond acceptors (Lipinski definition) is 5. The van der Waals surface area contributed by atoms with Crippen LogP contribution in [-0.4, -0.2) is 20.9 Å². The number of aryl methyl sites for hydroxylation is 3. The summed E-state index contributed by atoms with van der Waals surface area (Å²) in [5.41, 5.74) is 3.96. The molecule has 1 amide bonds. The van der Waals surface area contributed by atoms with E-state index in [1.54, 1.807) is 19.2 Å². The number of aromatic nitrogens is 3. The third kappa shape index (κ3) is 3.46. The Morgan fingerprint density at radius 3 is 2.50 bits per heavy atom. The average molecular weight is 342 g/mol. The number of halogens is 1. The van der Waals surface area contributed by atoms with E-state index in [9.17, 15) is 9.18 Å². The number of anilines is 1. The summed E-state index contributed by atoms with van der Waals surface area (Å²) < 4.78 is 13.4. The van der Waals surface area contributed by atoms with E-state index >= 15 is 0 Å². The van der Waals surface area contributed by atoms with Gasteiger partial charge in [0.1, 0.15) is 5.69 Å². The lowest BCUT2D eigenvalue weighted by atomic mass is 10.1. The van der Waals surface area contributed by atoms with E-state index in [-0.39, 0.29) is 16.5 Å². The highest BCUT2D eigenvalue weighted by molar-refractivity contribution is 7.14. The SMILES string of the molecule is Cc1cc(-c2cc(C)nc(C(=O)Nc3nc(C)c(F)s3)c2)ccn1. The third-order valence-electron chi connectivity index (χ3n) is 3.38. The van der Waals surface area contributed by atoms with Crippen molar-refractivity contribution in [3.05, 3.63) is 58.4 Å². The predicted octanol–water partition coefficient (Wildman–Crippen LogP) is 3.92. The number of nitrogens with one attached hydrogen (secondary N) is 1. The lowest BCUT2D eigenvalue weighted by molar-refractivity contribution is 0.102. The van der Waals surface area contributed by atoms with Crippen molar-refractivity contribution < 1.29 is 9.18 Å². The molecule has 0 bridgehead atoms. The Kier molecular flexibility index (Phi) is 4.35. The van der Waals surface area contributed by atoms with Crippen LogP contribution in [0.15, 0.2) is 30.5 Å². The molecule has 0 aromatic carbocycles. The van der Waals surface area contributed by atoms with Gasteiger partial charge in [0, 0.05) is 17.6 Å². The summed E-state index contributed by atoms with van der Waals surface area (Å²) in [5.74, 6) is -0.417. The van der Waals surface area contributed by atoms with Crippen LogP contribution in [0.2, 0.25) is 0 Å². The van der Waals surface area contributed by atoms with Crippen molar-refractivity contribution in [2.24, 2.45) is 0 Å². The number of hydrogen-bond donors (Lipinski definition) is 1. The molecule has 3 heterocycles. The van der Waals surface area contributed by atoms with Gasteiger partial charge in [0.15, 0.2) is 5.13 Å². The van der Waals surface area contributed by atoms with Crippen LogP contribution in [0, 0.1) is 25.9 Å². The summed E-state index contributed by atoms with van der Waals surface area (Å²) in [6.07, 6.45) is 1.72. The van der Waals surface area contributed by atoms with Crippen LogP contribution in [0.5, 0.6) is 0 Å². The van der Waals surface area contributed by atoms with E-state index in [0.29, 0.717) is 5.69 Å². The molecule has 3 aromatic rings. The Balaban J connectivity index is 1.92. The quantitative estimate of drug-likeness (QED) is 0.783. The van der Waals surface area contributed by atoms with Gasteiger partial charge in [-0.1, -0.05) is 11.3 Å². The Morgan fingerprint density at radius 2 is 1.83 bits per heavy atom. The number of rotatable bonds is 3. The highest BCUT2D eigenvalue weighted by Crippen LogP contribution is 2.23. The van der Waals surface area contributed by atoms with Crippen LogP contribution < -0.4 is 5.32 Å². The van der Waals surface area contributed by atoms with Gasteiger partial charge in [0.2, 0.25) is 5.13 Å². The highest BCUT2D eigenvalue weighted by atomic mass is 32.1. The van der Waals surface area contributed by atoms with E-state index < -0.39 is 11.0 Å². The highest BCUT2D eigenvalue weighted by Gasteiger charge is 2.14. The van der Waals surface area contributed by atoms with Crippen molar-refractivity contribution in [1.29, 1.82) is 0 Å². The number of carbonyl (C=O) groups is 1. The molecule has 3 rings (SSSR count). The third-order valence-corrected chi connectivity index (χ3v) is 4.24. The summed E-state index contributed by atoms with van der Waals surface area (Å²) in [5, 5.41) is 2.41. The van der Waals surface area contributed by atoms with Crippen molar-refractivity contribution in [2.75, 3.05) is 5.32 Å². The van der Waals surface area contributed by atoms with Gasteiger partial charge in [-0.25, -0.2) is 9.97 Å². The van der Waals surface area contributed by atoms with Gasteiger partial charge in [-0.15, -0.1) is 0 Å². The number of amides is 1. The minimum absolute atomic E-state index is 0.222. The van der Waals surface area contributed by atoms with E-state index in [4.69, 9.17) is 0 Å². The van der Waals surface area contributed by atoms with Crippen molar-refractivity contribution >= 4 is 22.4 Å². The maximum Gasteiger partial charge on any atom is 0.276 e. The summed E-state index contributed by atoms with van der Waals surface area (Å²) in [4.78, 5) is 24.8. The molecular weight excluding hydrogens is 327 g/mol. The molecule has 3 aromatic heterocycles. The predicted molar refractivity (Wildman–Crippen MR) is 91.7 cm³/mol. The second kappa shape index (κ2) is 6.45. The monoisotopic (exact) mass is 342 g/mol. The molecule has 0 atom stereocenters. The zero-order valence-corrected chi connectivity index (χ0v) is 14.2. The van der Waals surface area contributed by atoms with Crippen LogP contribution in [0.25, 0.3) is 11.1 Å². The standard InChI is InChI=1S/C17H15FN4OS/c1-9-6-12(4-5-19-9)13-7-10(2)20-14(8-13)16(23)22-17-21-11(3)15(18)24-17/h4-8H,1-3H3,(H,21,22,23). The fraction of sp³-hybridized carbons (Fsp3) is 0.176. The van der Waals surface area contributed by atoms with Crippen molar-refractivity contribution in [1.82, 2.24) is 15.0 Å². The van der Waals surface area contributed by atoms with Gasteiger partial charge in [0.05, 0.1) is 5.69 Å². The maximum atomic E-state index is 13.4. The van der Waals surface area contributed by atoms with Crippen LogP contribution in [-0.2, 0) is 0 Å². The fourth-order valence-corrected chi connectivity index (χ4v) is 2.96. The molecule has 7 heteroatoms. The van der Waals surface area contributed by atoms with Gasteiger partial charge >= 0.3 is 0 Å². The maximum absolute atomic E-state index is 13.4. The van der Waals surface area contributed by atoms with Crippen LogP contribution in [0.3, 0.4) is 0 Å².